The van der Waals surface area contributed by atoms with Crippen molar-refractivity contribution in [2.45, 2.75) is 58.7 Å². The van der Waals surface area contributed by atoms with Crippen LogP contribution in [0.4, 0.5) is 0 Å². The molecule has 2 atom stereocenters. The zero-order valence-electron chi connectivity index (χ0n) is 16.0. The molecule has 0 radical (unpaired) electrons. The van der Waals surface area contributed by atoms with Crippen LogP contribution in [-0.4, -0.2) is 33.8 Å². The molecule has 0 bridgehead atoms. The van der Waals surface area contributed by atoms with Gasteiger partial charge in [0.2, 0.25) is 0 Å². The smallest absolute Gasteiger partial charge is 0.0641 e. The van der Waals surface area contributed by atoms with Crippen molar-refractivity contribution < 1.29 is 0 Å². The fourth-order valence-electron chi connectivity index (χ4n) is 3.88. The van der Waals surface area contributed by atoms with Crippen molar-refractivity contribution in [2.75, 3.05) is 13.1 Å². The molecule has 1 fully saturated rings. The van der Waals surface area contributed by atoms with Gasteiger partial charge in [0.25, 0.3) is 0 Å². The summed E-state index contributed by atoms with van der Waals surface area (Å²) in [6.45, 7) is 13.8. The molecule has 5 heteroatoms. The Balaban J connectivity index is 0.00000225. The minimum absolute atomic E-state index is 0. The largest absolute Gasteiger partial charge is 0.326 e. The van der Waals surface area contributed by atoms with E-state index in [2.05, 4.69) is 74.5 Å². The summed E-state index contributed by atoms with van der Waals surface area (Å²) in [5, 5.41) is 4.78. The average molecular weight is 363 g/mol. The van der Waals surface area contributed by atoms with Gasteiger partial charge in [0.1, 0.15) is 0 Å². The van der Waals surface area contributed by atoms with Crippen LogP contribution < -0.4 is 5.73 Å². The molecule has 1 saturated heterocycles. The highest BCUT2D eigenvalue weighted by atomic mass is 35.5. The third-order valence-electron chi connectivity index (χ3n) is 5.13. The molecule has 1 aliphatic heterocycles. The van der Waals surface area contributed by atoms with Gasteiger partial charge in [0, 0.05) is 42.9 Å². The van der Waals surface area contributed by atoms with Gasteiger partial charge in [-0.05, 0) is 40.2 Å². The maximum atomic E-state index is 6.44. The first-order valence-corrected chi connectivity index (χ1v) is 8.86. The summed E-state index contributed by atoms with van der Waals surface area (Å²) in [4.78, 5) is 2.48. The van der Waals surface area contributed by atoms with E-state index in [1.807, 2.05) is 0 Å². The summed E-state index contributed by atoms with van der Waals surface area (Å²) in [7, 11) is 0. The Kier molecular flexibility index (Phi) is 5.97. The zero-order valence-corrected chi connectivity index (χ0v) is 16.8. The summed E-state index contributed by atoms with van der Waals surface area (Å²) < 4.78 is 2.16. The van der Waals surface area contributed by atoms with Gasteiger partial charge in [-0.2, -0.15) is 5.10 Å². The normalized spacial score (nSPS) is 21.4. The fraction of sp³-hybridized carbons (Fsp3) is 0.550. The van der Waals surface area contributed by atoms with Crippen molar-refractivity contribution in [3.63, 3.8) is 0 Å². The van der Waals surface area contributed by atoms with E-state index in [0.717, 1.165) is 25.3 Å². The standard InChI is InChI=1S/C20H30N4.ClH/c1-14-17(15(2)24(22-14)20(3,4)5)11-23-12-18(19(21)13-23)16-9-7-6-8-10-16;/h6-10,18-19H,11-13,21H2,1-5H3;1H/t18-,19+;/m0./s1. The molecule has 2 heterocycles. The van der Waals surface area contributed by atoms with Gasteiger partial charge in [0.05, 0.1) is 11.2 Å². The summed E-state index contributed by atoms with van der Waals surface area (Å²) in [5.41, 5.74) is 11.6. The van der Waals surface area contributed by atoms with Crippen LogP contribution in [0, 0.1) is 13.8 Å². The Morgan fingerprint density at radius 1 is 1.12 bits per heavy atom. The van der Waals surface area contributed by atoms with Crippen LogP contribution in [0.25, 0.3) is 0 Å². The maximum absolute atomic E-state index is 6.44. The van der Waals surface area contributed by atoms with E-state index in [9.17, 15) is 0 Å². The predicted octanol–water partition coefficient (Wildman–Crippen LogP) is 3.60. The lowest BCUT2D eigenvalue weighted by Gasteiger charge is -2.22. The topological polar surface area (TPSA) is 47.1 Å². The number of halogens is 1. The number of hydrogen-bond acceptors (Lipinski definition) is 3. The number of nitrogens with two attached hydrogens (primary N) is 1. The van der Waals surface area contributed by atoms with Gasteiger partial charge in [-0.1, -0.05) is 30.3 Å². The summed E-state index contributed by atoms with van der Waals surface area (Å²) >= 11 is 0. The van der Waals surface area contributed by atoms with Crippen LogP contribution in [0.2, 0.25) is 0 Å². The molecule has 1 aromatic carbocycles. The second-order valence-corrected chi connectivity index (χ2v) is 8.11. The van der Waals surface area contributed by atoms with Crippen molar-refractivity contribution in [1.29, 1.82) is 0 Å². The van der Waals surface area contributed by atoms with Gasteiger partial charge in [-0.15, -0.1) is 12.4 Å². The maximum Gasteiger partial charge on any atom is 0.0641 e. The average Bonchev–Trinajstić information content (AvgIpc) is 3.02. The van der Waals surface area contributed by atoms with E-state index in [4.69, 9.17) is 10.8 Å². The van der Waals surface area contributed by atoms with Gasteiger partial charge < -0.3 is 5.73 Å². The Bertz CT molecular complexity index is 702. The second-order valence-electron chi connectivity index (χ2n) is 8.11. The monoisotopic (exact) mass is 362 g/mol. The SMILES string of the molecule is Cc1nn(C(C)(C)C)c(C)c1CN1C[C@@H](N)[C@H](c2ccccc2)C1.Cl. The lowest BCUT2D eigenvalue weighted by Crippen LogP contribution is -2.29. The summed E-state index contributed by atoms with van der Waals surface area (Å²) in [5.74, 6) is 0.421. The first-order chi connectivity index (χ1) is 11.3. The predicted molar refractivity (Wildman–Crippen MR) is 106 cm³/mol. The molecule has 0 aliphatic carbocycles. The van der Waals surface area contributed by atoms with Gasteiger partial charge in [-0.3, -0.25) is 9.58 Å². The highest BCUT2D eigenvalue weighted by molar-refractivity contribution is 5.85. The molecule has 0 saturated carbocycles. The quantitative estimate of drug-likeness (QED) is 0.907. The van der Waals surface area contributed by atoms with E-state index < -0.39 is 0 Å². The van der Waals surface area contributed by atoms with Crippen molar-refractivity contribution in [3.8, 4) is 0 Å². The Hall–Kier alpha value is -1.36. The van der Waals surface area contributed by atoms with Crippen molar-refractivity contribution in [3.05, 3.63) is 52.8 Å². The van der Waals surface area contributed by atoms with Crippen LogP contribution in [0.5, 0.6) is 0 Å². The molecule has 2 N–H and O–H groups in total. The number of aryl methyl sites for hydroxylation is 1. The van der Waals surface area contributed by atoms with E-state index in [1.54, 1.807) is 0 Å². The number of likely N-dealkylation sites (tertiary alicyclic amines) is 1. The lowest BCUT2D eigenvalue weighted by atomic mass is 9.95. The van der Waals surface area contributed by atoms with Crippen LogP contribution in [0.1, 0.15) is 49.2 Å². The van der Waals surface area contributed by atoms with E-state index in [0.29, 0.717) is 5.92 Å². The molecule has 3 rings (SSSR count). The molecule has 1 aliphatic rings. The Morgan fingerprint density at radius 3 is 2.32 bits per heavy atom. The minimum Gasteiger partial charge on any atom is -0.326 e. The molecule has 2 aromatic rings. The number of benzene rings is 1. The van der Waals surface area contributed by atoms with Crippen LogP contribution >= 0.6 is 12.4 Å². The van der Waals surface area contributed by atoms with Crippen molar-refractivity contribution >= 4 is 12.4 Å². The first-order valence-electron chi connectivity index (χ1n) is 8.86. The Morgan fingerprint density at radius 2 is 1.76 bits per heavy atom. The molecule has 138 valence electrons. The van der Waals surface area contributed by atoms with E-state index in [1.165, 1.54) is 16.8 Å². The number of rotatable bonds is 3. The van der Waals surface area contributed by atoms with Crippen LogP contribution in [0.3, 0.4) is 0 Å². The number of aromatic nitrogens is 2. The molecule has 1 aromatic heterocycles. The molecular weight excluding hydrogens is 332 g/mol. The number of hydrogen-bond donors (Lipinski definition) is 1. The van der Waals surface area contributed by atoms with E-state index >= 15 is 0 Å². The third-order valence-corrected chi connectivity index (χ3v) is 5.13. The molecule has 4 nitrogen and oxygen atoms in total. The highest BCUT2D eigenvalue weighted by Crippen LogP contribution is 2.29. The zero-order chi connectivity index (χ0) is 17.5. The third kappa shape index (κ3) is 4.08. The molecule has 0 spiro atoms. The molecule has 0 amide bonds. The molecule has 0 unspecified atom stereocenters. The van der Waals surface area contributed by atoms with Crippen LogP contribution in [0.15, 0.2) is 30.3 Å². The Labute approximate surface area is 157 Å². The molecule has 25 heavy (non-hydrogen) atoms. The van der Waals surface area contributed by atoms with Crippen molar-refractivity contribution in [1.82, 2.24) is 14.7 Å². The molecular formula is C20H31ClN4. The minimum atomic E-state index is 0. The van der Waals surface area contributed by atoms with Crippen LogP contribution in [-0.2, 0) is 12.1 Å². The van der Waals surface area contributed by atoms with Gasteiger partial charge in [0.15, 0.2) is 0 Å². The first kappa shape index (κ1) is 20.0. The lowest BCUT2D eigenvalue weighted by molar-refractivity contribution is 0.319. The van der Waals surface area contributed by atoms with E-state index in [-0.39, 0.29) is 24.0 Å². The number of nitrogens with zero attached hydrogens (tertiary/aromatic N) is 3. The summed E-state index contributed by atoms with van der Waals surface area (Å²) in [6, 6.07) is 10.9. The highest BCUT2D eigenvalue weighted by Gasteiger charge is 2.32. The van der Waals surface area contributed by atoms with Gasteiger partial charge >= 0.3 is 0 Å². The fourth-order valence-corrected chi connectivity index (χ4v) is 3.88. The van der Waals surface area contributed by atoms with Crippen molar-refractivity contribution in [2.24, 2.45) is 5.73 Å². The summed E-state index contributed by atoms with van der Waals surface area (Å²) in [6.07, 6.45) is 0. The van der Waals surface area contributed by atoms with Gasteiger partial charge in [-0.25, -0.2) is 0 Å². The second kappa shape index (κ2) is 7.48.